The van der Waals surface area contributed by atoms with Crippen LogP contribution in [0.25, 0.3) is 0 Å². The van der Waals surface area contributed by atoms with E-state index >= 15 is 0 Å². The third-order valence-electron chi connectivity index (χ3n) is 3.47. The van der Waals surface area contributed by atoms with Gasteiger partial charge in [-0.15, -0.1) is 0 Å². The van der Waals surface area contributed by atoms with Crippen LogP contribution in [0.5, 0.6) is 0 Å². The molecular weight excluding hydrogens is 234 g/mol. The van der Waals surface area contributed by atoms with Crippen LogP contribution in [0, 0.1) is 5.92 Å². The van der Waals surface area contributed by atoms with Crippen molar-refractivity contribution in [3.63, 3.8) is 0 Å². The van der Waals surface area contributed by atoms with Gasteiger partial charge in [0.15, 0.2) is 0 Å². The Bertz CT molecular complexity index is 418. The largest absolute Gasteiger partial charge is 0.481 e. The van der Waals surface area contributed by atoms with Gasteiger partial charge in [-0.05, 0) is 14.0 Å². The molecule has 1 fully saturated rings. The molecule has 2 atom stereocenters. The van der Waals surface area contributed by atoms with Crippen LogP contribution >= 0.6 is 0 Å². The zero-order chi connectivity index (χ0) is 13.1. The minimum absolute atomic E-state index is 0.0792. The quantitative estimate of drug-likeness (QED) is 0.824. The Labute approximate surface area is 106 Å². The van der Waals surface area contributed by atoms with Crippen LogP contribution in [-0.2, 0) is 22.6 Å². The Morgan fingerprint density at radius 3 is 3.11 bits per heavy atom. The molecule has 1 aromatic heterocycles. The lowest BCUT2D eigenvalue weighted by Gasteiger charge is -2.25. The van der Waals surface area contributed by atoms with Gasteiger partial charge in [-0.3, -0.25) is 9.69 Å². The molecule has 1 aliphatic rings. The van der Waals surface area contributed by atoms with Gasteiger partial charge >= 0.3 is 5.97 Å². The average Bonchev–Trinajstić information content (AvgIpc) is 2.96. The first kappa shape index (κ1) is 13.0. The van der Waals surface area contributed by atoms with Gasteiger partial charge in [0.2, 0.25) is 0 Å². The van der Waals surface area contributed by atoms with Crippen LogP contribution in [0.15, 0.2) is 12.4 Å². The molecule has 0 spiro atoms. The molecule has 1 saturated heterocycles. The van der Waals surface area contributed by atoms with Crippen molar-refractivity contribution < 1.29 is 14.6 Å². The van der Waals surface area contributed by atoms with E-state index < -0.39 is 11.9 Å². The number of imidazole rings is 1. The van der Waals surface area contributed by atoms with Crippen LogP contribution in [0.3, 0.4) is 0 Å². The maximum atomic E-state index is 11.1. The van der Waals surface area contributed by atoms with E-state index in [1.54, 1.807) is 6.20 Å². The molecule has 0 bridgehead atoms. The fourth-order valence-electron chi connectivity index (χ4n) is 2.33. The molecule has 2 rings (SSSR count). The molecule has 2 heterocycles. The van der Waals surface area contributed by atoms with Gasteiger partial charge in [-0.25, -0.2) is 4.98 Å². The van der Waals surface area contributed by atoms with Crippen molar-refractivity contribution in [1.29, 1.82) is 0 Å². The van der Waals surface area contributed by atoms with Gasteiger partial charge in [0.1, 0.15) is 5.82 Å². The highest BCUT2D eigenvalue weighted by Gasteiger charge is 2.36. The first-order valence-electron chi connectivity index (χ1n) is 6.14. The van der Waals surface area contributed by atoms with E-state index in [1.165, 1.54) is 0 Å². The molecule has 0 aliphatic carbocycles. The van der Waals surface area contributed by atoms with E-state index in [-0.39, 0.29) is 6.04 Å². The minimum Gasteiger partial charge on any atom is -0.481 e. The topological polar surface area (TPSA) is 67.6 Å². The van der Waals surface area contributed by atoms with Gasteiger partial charge < -0.3 is 14.4 Å². The highest BCUT2D eigenvalue weighted by Crippen LogP contribution is 2.20. The predicted molar refractivity (Wildman–Crippen MR) is 65.1 cm³/mol. The highest BCUT2D eigenvalue weighted by molar-refractivity contribution is 5.71. The Balaban J connectivity index is 2.03. The van der Waals surface area contributed by atoms with Crippen molar-refractivity contribution in [2.45, 2.75) is 26.1 Å². The molecule has 6 nitrogen and oxygen atoms in total. The molecule has 0 aromatic carbocycles. The number of ether oxygens (including phenoxy) is 1. The Morgan fingerprint density at radius 1 is 1.67 bits per heavy atom. The summed E-state index contributed by atoms with van der Waals surface area (Å²) in [4.78, 5) is 17.4. The van der Waals surface area contributed by atoms with Gasteiger partial charge in [0.05, 0.1) is 25.7 Å². The number of aryl methyl sites for hydroxylation is 1. The molecule has 1 N–H and O–H groups in total. The molecule has 1 aromatic rings. The van der Waals surface area contributed by atoms with Crippen LogP contribution in [0.2, 0.25) is 0 Å². The monoisotopic (exact) mass is 253 g/mol. The number of hydrogen-bond donors (Lipinski definition) is 1. The first-order chi connectivity index (χ1) is 8.63. The molecular formula is C12H19N3O3. The summed E-state index contributed by atoms with van der Waals surface area (Å²) in [5.41, 5.74) is 0. The van der Waals surface area contributed by atoms with Crippen LogP contribution < -0.4 is 0 Å². The van der Waals surface area contributed by atoms with E-state index in [0.29, 0.717) is 19.8 Å². The Morgan fingerprint density at radius 2 is 2.44 bits per heavy atom. The number of rotatable bonds is 5. The zero-order valence-electron chi connectivity index (χ0n) is 10.7. The second kappa shape index (κ2) is 5.49. The summed E-state index contributed by atoms with van der Waals surface area (Å²) in [6.07, 6.45) is 3.70. The highest BCUT2D eigenvalue weighted by atomic mass is 16.5. The second-order valence-corrected chi connectivity index (χ2v) is 4.59. The summed E-state index contributed by atoms with van der Waals surface area (Å²) in [7, 11) is 1.92. The van der Waals surface area contributed by atoms with Crippen LogP contribution in [0.1, 0.15) is 12.7 Å². The maximum absolute atomic E-state index is 11.1. The molecule has 6 heteroatoms. The second-order valence-electron chi connectivity index (χ2n) is 4.59. The fraction of sp³-hybridized carbons (Fsp3) is 0.667. The maximum Gasteiger partial charge on any atom is 0.310 e. The van der Waals surface area contributed by atoms with Gasteiger partial charge in [0.25, 0.3) is 0 Å². The van der Waals surface area contributed by atoms with Crippen molar-refractivity contribution >= 4 is 5.97 Å². The molecule has 1 aliphatic heterocycles. The van der Waals surface area contributed by atoms with E-state index in [0.717, 1.165) is 12.4 Å². The van der Waals surface area contributed by atoms with Crippen LogP contribution in [-0.4, -0.2) is 51.8 Å². The number of aromatic nitrogens is 2. The Kier molecular flexibility index (Phi) is 3.98. The van der Waals surface area contributed by atoms with E-state index in [1.807, 2.05) is 18.1 Å². The van der Waals surface area contributed by atoms with E-state index in [2.05, 4.69) is 16.5 Å². The standard InChI is InChI=1S/C12H19N3O3/c1-3-15-5-4-13-11(15)6-14(2)10-8-18-7-9(10)12(16)17/h4-5,9-10H,3,6-8H2,1-2H3,(H,16,17). The molecule has 2 unspecified atom stereocenters. The smallest absolute Gasteiger partial charge is 0.310 e. The lowest BCUT2D eigenvalue weighted by atomic mass is 10.0. The van der Waals surface area contributed by atoms with Crippen molar-refractivity contribution in [2.75, 3.05) is 20.3 Å². The summed E-state index contributed by atoms with van der Waals surface area (Å²) in [6, 6.07) is -0.0792. The summed E-state index contributed by atoms with van der Waals surface area (Å²) < 4.78 is 7.34. The van der Waals surface area contributed by atoms with E-state index in [4.69, 9.17) is 9.84 Å². The third-order valence-corrected chi connectivity index (χ3v) is 3.47. The molecule has 0 amide bonds. The number of aliphatic carboxylic acids is 1. The molecule has 100 valence electrons. The molecule has 0 radical (unpaired) electrons. The third kappa shape index (κ3) is 2.54. The van der Waals surface area contributed by atoms with Crippen molar-refractivity contribution in [3.05, 3.63) is 18.2 Å². The SMILES string of the molecule is CCn1ccnc1CN(C)C1COCC1C(=O)O. The molecule has 0 saturated carbocycles. The number of carbonyl (C=O) groups is 1. The number of carboxylic acids is 1. The number of hydrogen-bond acceptors (Lipinski definition) is 4. The van der Waals surface area contributed by atoms with Gasteiger partial charge in [0, 0.05) is 25.0 Å². The average molecular weight is 253 g/mol. The summed E-state index contributed by atoms with van der Waals surface area (Å²) in [5.74, 6) is -0.278. The lowest BCUT2D eigenvalue weighted by Crippen LogP contribution is -2.40. The zero-order valence-corrected chi connectivity index (χ0v) is 10.7. The minimum atomic E-state index is -0.789. The summed E-state index contributed by atoms with van der Waals surface area (Å²) in [6.45, 7) is 4.34. The Hall–Kier alpha value is -1.40. The number of likely N-dealkylation sites (N-methyl/N-ethyl adjacent to an activating group) is 1. The van der Waals surface area contributed by atoms with Crippen LogP contribution in [0.4, 0.5) is 0 Å². The summed E-state index contributed by atoms with van der Waals surface area (Å²) in [5, 5.41) is 9.13. The number of carboxylic acid groups (broad SMARTS) is 1. The lowest BCUT2D eigenvalue weighted by molar-refractivity contribution is -0.143. The van der Waals surface area contributed by atoms with Gasteiger partial charge in [-0.2, -0.15) is 0 Å². The molecule has 18 heavy (non-hydrogen) atoms. The predicted octanol–water partition coefficient (Wildman–Crippen LogP) is 0.434. The number of nitrogens with zero attached hydrogens (tertiary/aromatic N) is 3. The first-order valence-corrected chi connectivity index (χ1v) is 6.14. The van der Waals surface area contributed by atoms with Crippen molar-refractivity contribution in [3.8, 4) is 0 Å². The van der Waals surface area contributed by atoms with Crippen molar-refractivity contribution in [2.24, 2.45) is 5.92 Å². The van der Waals surface area contributed by atoms with Crippen molar-refractivity contribution in [1.82, 2.24) is 14.5 Å². The van der Waals surface area contributed by atoms with Gasteiger partial charge in [-0.1, -0.05) is 0 Å². The normalized spacial score (nSPS) is 23.7. The summed E-state index contributed by atoms with van der Waals surface area (Å²) >= 11 is 0. The fourth-order valence-corrected chi connectivity index (χ4v) is 2.33. The van der Waals surface area contributed by atoms with E-state index in [9.17, 15) is 4.79 Å².